The highest BCUT2D eigenvalue weighted by Crippen LogP contribution is 2.27. The lowest BCUT2D eigenvalue weighted by Crippen LogP contribution is -2.11. The van der Waals surface area contributed by atoms with Crippen molar-refractivity contribution in [1.82, 2.24) is 15.0 Å². The predicted molar refractivity (Wildman–Crippen MR) is 83.1 cm³/mol. The van der Waals surface area contributed by atoms with Crippen molar-refractivity contribution in [2.24, 2.45) is 0 Å². The highest BCUT2D eigenvalue weighted by Gasteiger charge is 2.19. The number of hydrogen-bond donors (Lipinski definition) is 0. The summed E-state index contributed by atoms with van der Waals surface area (Å²) in [5.41, 5.74) is 2.96. The number of nitrogens with zero attached hydrogens (tertiary/aromatic N) is 3. The Morgan fingerprint density at radius 2 is 1.86 bits per heavy atom. The summed E-state index contributed by atoms with van der Waals surface area (Å²) in [6.07, 6.45) is 2.24. The van der Waals surface area contributed by atoms with Crippen LogP contribution in [0.5, 0.6) is 0 Å². The molecule has 0 fully saturated rings. The van der Waals surface area contributed by atoms with E-state index in [-0.39, 0.29) is 11.1 Å². The third-order valence-corrected chi connectivity index (χ3v) is 3.54. The number of benzene rings is 1. The molecule has 1 aromatic carbocycles. The van der Waals surface area contributed by atoms with Gasteiger partial charge in [-0.2, -0.15) is 0 Å². The van der Waals surface area contributed by atoms with E-state index in [0.717, 1.165) is 5.69 Å². The van der Waals surface area contributed by atoms with Gasteiger partial charge in [0.05, 0.1) is 12.0 Å². The van der Waals surface area contributed by atoms with E-state index in [4.69, 9.17) is 4.42 Å². The van der Waals surface area contributed by atoms with Crippen LogP contribution in [-0.2, 0) is 5.41 Å². The van der Waals surface area contributed by atoms with Crippen LogP contribution in [0.4, 0.5) is 0 Å². The van der Waals surface area contributed by atoms with Crippen molar-refractivity contribution in [3.63, 3.8) is 0 Å². The van der Waals surface area contributed by atoms with E-state index < -0.39 is 0 Å². The highest BCUT2D eigenvalue weighted by atomic mass is 16.3. The largest absolute Gasteiger partial charge is 0.463 e. The first-order valence-electron chi connectivity index (χ1n) is 7.06. The van der Waals surface area contributed by atoms with Crippen LogP contribution in [-0.4, -0.2) is 21.3 Å². The molecule has 0 unspecified atom stereocenters. The molecule has 2 aromatic heterocycles. The molecule has 3 rings (SSSR count). The Morgan fingerprint density at radius 1 is 1.14 bits per heavy atom. The van der Waals surface area contributed by atoms with Gasteiger partial charge in [-0.25, -0.2) is 4.68 Å². The van der Waals surface area contributed by atoms with E-state index in [1.807, 2.05) is 12.1 Å². The smallest absolute Gasteiger partial charge is 0.172 e. The number of carbonyl (C=O) groups is 1. The second kappa shape index (κ2) is 5.26. The van der Waals surface area contributed by atoms with Gasteiger partial charge in [0.25, 0.3) is 0 Å². The monoisotopic (exact) mass is 295 g/mol. The van der Waals surface area contributed by atoms with Gasteiger partial charge >= 0.3 is 0 Å². The molecule has 22 heavy (non-hydrogen) atoms. The standard InChI is InChI=1S/C17H17N3O2/c1-17(2,3)12-6-8-13(9-7-12)20-16(14(11-21)18-19-20)15-5-4-10-22-15/h4-11H,1-3H3. The van der Waals surface area contributed by atoms with E-state index in [2.05, 4.69) is 43.2 Å². The Bertz CT molecular complexity index is 778. The number of furan rings is 1. The van der Waals surface area contributed by atoms with Gasteiger partial charge in [-0.05, 0) is 35.2 Å². The van der Waals surface area contributed by atoms with Crippen molar-refractivity contribution >= 4 is 6.29 Å². The van der Waals surface area contributed by atoms with Crippen LogP contribution in [0.1, 0.15) is 36.8 Å². The zero-order valence-corrected chi connectivity index (χ0v) is 12.8. The second-order valence-corrected chi connectivity index (χ2v) is 6.13. The molecule has 5 heteroatoms. The lowest BCUT2D eigenvalue weighted by Gasteiger charge is -2.19. The average Bonchev–Trinajstić information content (AvgIpc) is 3.15. The maximum Gasteiger partial charge on any atom is 0.172 e. The molecule has 0 spiro atoms. The molecule has 0 saturated carbocycles. The molecular weight excluding hydrogens is 278 g/mol. The molecule has 0 aliphatic rings. The maximum atomic E-state index is 11.2. The number of aromatic nitrogens is 3. The Balaban J connectivity index is 2.10. The molecule has 2 heterocycles. The second-order valence-electron chi connectivity index (χ2n) is 6.13. The maximum absolute atomic E-state index is 11.2. The van der Waals surface area contributed by atoms with Gasteiger partial charge in [0.1, 0.15) is 5.69 Å². The topological polar surface area (TPSA) is 60.9 Å². The van der Waals surface area contributed by atoms with Crippen molar-refractivity contribution < 1.29 is 9.21 Å². The molecule has 0 N–H and O–H groups in total. The van der Waals surface area contributed by atoms with Gasteiger partial charge in [-0.3, -0.25) is 4.79 Å². The summed E-state index contributed by atoms with van der Waals surface area (Å²) in [5, 5.41) is 8.00. The summed E-state index contributed by atoms with van der Waals surface area (Å²) in [7, 11) is 0. The van der Waals surface area contributed by atoms with E-state index in [0.29, 0.717) is 17.7 Å². The SMILES string of the molecule is CC(C)(C)c1ccc(-n2nnc(C=O)c2-c2ccco2)cc1. The summed E-state index contributed by atoms with van der Waals surface area (Å²) in [4.78, 5) is 11.2. The Labute approximate surface area is 128 Å². The van der Waals surface area contributed by atoms with Crippen LogP contribution in [0.15, 0.2) is 47.1 Å². The van der Waals surface area contributed by atoms with Gasteiger partial charge < -0.3 is 4.42 Å². The quantitative estimate of drug-likeness (QED) is 0.692. The molecule has 0 saturated heterocycles. The van der Waals surface area contributed by atoms with Crippen LogP contribution >= 0.6 is 0 Å². The zero-order chi connectivity index (χ0) is 15.7. The number of hydrogen-bond acceptors (Lipinski definition) is 4. The van der Waals surface area contributed by atoms with Crippen molar-refractivity contribution in [1.29, 1.82) is 0 Å². The average molecular weight is 295 g/mol. The van der Waals surface area contributed by atoms with Crippen LogP contribution in [0.2, 0.25) is 0 Å². The lowest BCUT2D eigenvalue weighted by molar-refractivity contribution is 0.111. The van der Waals surface area contributed by atoms with Crippen molar-refractivity contribution in [3.05, 3.63) is 53.9 Å². The summed E-state index contributed by atoms with van der Waals surface area (Å²) >= 11 is 0. The number of carbonyl (C=O) groups excluding carboxylic acids is 1. The molecule has 0 aliphatic heterocycles. The van der Waals surface area contributed by atoms with Gasteiger partial charge in [0.2, 0.25) is 0 Å². The van der Waals surface area contributed by atoms with Crippen molar-refractivity contribution in [2.45, 2.75) is 26.2 Å². The van der Waals surface area contributed by atoms with E-state index in [1.54, 1.807) is 23.1 Å². The summed E-state index contributed by atoms with van der Waals surface area (Å²) in [5.74, 6) is 0.562. The predicted octanol–water partition coefficient (Wildman–Crippen LogP) is 3.64. The van der Waals surface area contributed by atoms with E-state index in [9.17, 15) is 4.79 Å². The number of rotatable bonds is 3. The third-order valence-electron chi connectivity index (χ3n) is 3.54. The van der Waals surface area contributed by atoms with Crippen LogP contribution < -0.4 is 0 Å². The minimum Gasteiger partial charge on any atom is -0.463 e. The Morgan fingerprint density at radius 3 is 2.41 bits per heavy atom. The first kappa shape index (κ1) is 14.3. The molecule has 112 valence electrons. The van der Waals surface area contributed by atoms with Crippen molar-refractivity contribution in [2.75, 3.05) is 0 Å². The van der Waals surface area contributed by atoms with Gasteiger partial charge in [-0.15, -0.1) is 5.10 Å². The summed E-state index contributed by atoms with van der Waals surface area (Å²) in [6, 6.07) is 11.6. The first-order chi connectivity index (χ1) is 10.5. The fourth-order valence-electron chi connectivity index (χ4n) is 2.30. The Kier molecular flexibility index (Phi) is 3.41. The van der Waals surface area contributed by atoms with Gasteiger partial charge in [0.15, 0.2) is 17.7 Å². The molecule has 3 aromatic rings. The van der Waals surface area contributed by atoms with Crippen LogP contribution in [0, 0.1) is 0 Å². The summed E-state index contributed by atoms with van der Waals surface area (Å²) in [6.45, 7) is 6.49. The fourth-order valence-corrected chi connectivity index (χ4v) is 2.30. The van der Waals surface area contributed by atoms with Crippen LogP contribution in [0.25, 0.3) is 17.1 Å². The van der Waals surface area contributed by atoms with E-state index >= 15 is 0 Å². The van der Waals surface area contributed by atoms with Crippen molar-refractivity contribution in [3.8, 4) is 17.1 Å². The molecule has 0 aliphatic carbocycles. The van der Waals surface area contributed by atoms with Gasteiger partial charge in [-0.1, -0.05) is 38.1 Å². The van der Waals surface area contributed by atoms with Gasteiger partial charge in [0, 0.05) is 0 Å². The normalized spacial score (nSPS) is 11.6. The first-order valence-corrected chi connectivity index (χ1v) is 7.06. The highest BCUT2D eigenvalue weighted by molar-refractivity contribution is 5.82. The third kappa shape index (κ3) is 2.45. The summed E-state index contributed by atoms with van der Waals surface area (Å²) < 4.78 is 7.02. The molecule has 0 atom stereocenters. The number of aldehydes is 1. The van der Waals surface area contributed by atoms with Crippen LogP contribution in [0.3, 0.4) is 0 Å². The molecule has 0 radical (unpaired) electrons. The Hall–Kier alpha value is -2.69. The fraction of sp³-hybridized carbons (Fsp3) is 0.235. The van der Waals surface area contributed by atoms with E-state index in [1.165, 1.54) is 5.56 Å². The minimum absolute atomic E-state index is 0.0820. The zero-order valence-electron chi connectivity index (χ0n) is 12.8. The molecular formula is C17H17N3O2. The molecule has 0 amide bonds. The molecule has 5 nitrogen and oxygen atoms in total. The molecule has 0 bridgehead atoms. The lowest BCUT2D eigenvalue weighted by atomic mass is 9.87. The minimum atomic E-state index is 0.0820.